The first-order valence-corrected chi connectivity index (χ1v) is 6.46. The Labute approximate surface area is 96.4 Å². The molecule has 0 bridgehead atoms. The van der Waals surface area contributed by atoms with Crippen LogP contribution >= 0.6 is 0 Å². The molecule has 4 heteroatoms. The average Bonchev–Trinajstić information content (AvgIpc) is 3.08. The van der Waals surface area contributed by atoms with Crippen molar-refractivity contribution in [1.29, 1.82) is 0 Å². The summed E-state index contributed by atoms with van der Waals surface area (Å²) in [7, 11) is 2.05. The molecular formula is C12H20N4. The zero-order valence-corrected chi connectivity index (χ0v) is 9.95. The normalized spacial score (nSPS) is 26.7. The zero-order chi connectivity index (χ0) is 11.0. The summed E-state index contributed by atoms with van der Waals surface area (Å²) in [6.45, 7) is 2.28. The van der Waals surface area contributed by atoms with Gasteiger partial charge in [-0.1, -0.05) is 0 Å². The molecule has 1 aromatic heterocycles. The largest absolute Gasteiger partial charge is 0.317 e. The van der Waals surface area contributed by atoms with Gasteiger partial charge in [0.25, 0.3) is 0 Å². The van der Waals surface area contributed by atoms with Crippen LogP contribution in [0.1, 0.15) is 55.6 Å². The maximum Gasteiger partial charge on any atom is 0.154 e. The van der Waals surface area contributed by atoms with Crippen LogP contribution < -0.4 is 5.32 Å². The van der Waals surface area contributed by atoms with Crippen molar-refractivity contribution < 1.29 is 0 Å². The van der Waals surface area contributed by atoms with Crippen molar-refractivity contribution in [2.24, 2.45) is 7.05 Å². The minimum atomic E-state index is 0.611. The Morgan fingerprint density at radius 2 is 2.00 bits per heavy atom. The van der Waals surface area contributed by atoms with Crippen LogP contribution in [0, 0.1) is 0 Å². The Hall–Kier alpha value is -0.900. The van der Waals surface area contributed by atoms with Crippen molar-refractivity contribution >= 4 is 0 Å². The highest BCUT2D eigenvalue weighted by atomic mass is 15.3. The van der Waals surface area contributed by atoms with E-state index in [2.05, 4.69) is 10.4 Å². The van der Waals surface area contributed by atoms with Crippen LogP contribution in [0.15, 0.2) is 0 Å². The molecule has 0 radical (unpaired) electrons. The molecule has 1 N–H and O–H groups in total. The highest BCUT2D eigenvalue weighted by Crippen LogP contribution is 2.38. The van der Waals surface area contributed by atoms with Gasteiger partial charge in [-0.25, -0.2) is 4.98 Å². The fourth-order valence-corrected chi connectivity index (χ4v) is 2.56. The van der Waals surface area contributed by atoms with Gasteiger partial charge in [-0.2, -0.15) is 5.10 Å². The highest BCUT2D eigenvalue weighted by Gasteiger charge is 2.30. The van der Waals surface area contributed by atoms with Crippen molar-refractivity contribution in [2.45, 2.75) is 43.9 Å². The Balaban J connectivity index is 1.80. The molecule has 1 saturated heterocycles. The van der Waals surface area contributed by atoms with Crippen molar-refractivity contribution in [1.82, 2.24) is 20.1 Å². The second kappa shape index (κ2) is 4.17. The van der Waals surface area contributed by atoms with Crippen LogP contribution in [0.3, 0.4) is 0 Å². The molecular weight excluding hydrogens is 200 g/mol. The van der Waals surface area contributed by atoms with Gasteiger partial charge in [0.15, 0.2) is 5.82 Å². The molecule has 1 atom stereocenters. The molecule has 1 unspecified atom stereocenters. The second-order valence-electron chi connectivity index (χ2n) is 5.10. The van der Waals surface area contributed by atoms with E-state index in [1.807, 2.05) is 11.7 Å². The number of hydrogen-bond donors (Lipinski definition) is 1. The molecule has 0 aromatic carbocycles. The predicted octanol–water partition coefficient (Wildman–Crippen LogP) is 1.55. The van der Waals surface area contributed by atoms with Crippen molar-refractivity contribution in [3.8, 4) is 0 Å². The van der Waals surface area contributed by atoms with Crippen molar-refractivity contribution in [3.63, 3.8) is 0 Å². The van der Waals surface area contributed by atoms with Crippen molar-refractivity contribution in [3.05, 3.63) is 11.6 Å². The molecule has 1 saturated carbocycles. The smallest absolute Gasteiger partial charge is 0.154 e. The van der Waals surface area contributed by atoms with E-state index in [9.17, 15) is 0 Å². The van der Waals surface area contributed by atoms with E-state index in [1.54, 1.807) is 0 Å². The van der Waals surface area contributed by atoms with Gasteiger partial charge in [-0.15, -0.1) is 0 Å². The first-order chi connectivity index (χ1) is 7.84. The van der Waals surface area contributed by atoms with Gasteiger partial charge in [0.1, 0.15) is 5.82 Å². The van der Waals surface area contributed by atoms with Gasteiger partial charge in [-0.05, 0) is 45.2 Å². The van der Waals surface area contributed by atoms with Gasteiger partial charge >= 0.3 is 0 Å². The lowest BCUT2D eigenvalue weighted by Crippen LogP contribution is -2.14. The molecule has 16 heavy (non-hydrogen) atoms. The molecule has 2 heterocycles. The summed E-state index contributed by atoms with van der Waals surface area (Å²) in [4.78, 5) is 4.76. The summed E-state index contributed by atoms with van der Waals surface area (Å²) in [6.07, 6.45) is 6.29. The fourth-order valence-electron chi connectivity index (χ4n) is 2.56. The van der Waals surface area contributed by atoms with Crippen LogP contribution in [-0.2, 0) is 7.05 Å². The molecule has 3 rings (SSSR count). The Bertz CT molecular complexity index is 359. The third kappa shape index (κ3) is 1.98. The van der Waals surface area contributed by atoms with Crippen LogP contribution in [0.2, 0.25) is 0 Å². The first kappa shape index (κ1) is 10.3. The second-order valence-corrected chi connectivity index (χ2v) is 5.10. The lowest BCUT2D eigenvalue weighted by atomic mass is 10.00. The van der Waals surface area contributed by atoms with Gasteiger partial charge in [-0.3, -0.25) is 4.68 Å². The third-order valence-corrected chi connectivity index (χ3v) is 3.70. The van der Waals surface area contributed by atoms with Gasteiger partial charge < -0.3 is 5.32 Å². The summed E-state index contributed by atoms with van der Waals surface area (Å²) in [5.74, 6) is 3.59. The van der Waals surface area contributed by atoms with Gasteiger partial charge in [0, 0.05) is 18.9 Å². The SMILES string of the molecule is Cn1nc(C2CC2)nc1C1CCCNCC1. The minimum Gasteiger partial charge on any atom is -0.317 e. The lowest BCUT2D eigenvalue weighted by molar-refractivity contribution is 0.539. The Morgan fingerprint density at radius 1 is 1.12 bits per heavy atom. The number of nitrogens with zero attached hydrogens (tertiary/aromatic N) is 3. The number of aryl methyl sites for hydroxylation is 1. The summed E-state index contributed by atoms with van der Waals surface area (Å²) >= 11 is 0. The van der Waals surface area contributed by atoms with E-state index >= 15 is 0 Å². The fraction of sp³-hybridized carbons (Fsp3) is 0.833. The number of aromatic nitrogens is 3. The van der Waals surface area contributed by atoms with Gasteiger partial charge in [0.2, 0.25) is 0 Å². The maximum absolute atomic E-state index is 4.76. The van der Waals surface area contributed by atoms with Crippen LogP contribution in [0.5, 0.6) is 0 Å². The molecule has 0 spiro atoms. The summed E-state index contributed by atoms with van der Waals surface area (Å²) in [5.41, 5.74) is 0. The van der Waals surface area contributed by atoms with Crippen molar-refractivity contribution in [2.75, 3.05) is 13.1 Å². The lowest BCUT2D eigenvalue weighted by Gasteiger charge is -2.11. The first-order valence-electron chi connectivity index (χ1n) is 6.46. The Kier molecular flexibility index (Phi) is 2.67. The monoisotopic (exact) mass is 220 g/mol. The average molecular weight is 220 g/mol. The summed E-state index contributed by atoms with van der Waals surface area (Å²) in [5, 5.41) is 8.01. The third-order valence-electron chi connectivity index (χ3n) is 3.70. The molecule has 0 amide bonds. The topological polar surface area (TPSA) is 42.7 Å². The molecule has 2 fully saturated rings. The van der Waals surface area contributed by atoms with E-state index in [4.69, 9.17) is 4.98 Å². The standard InChI is InChI=1S/C12H20N4/c1-16-12(10-3-2-7-13-8-6-10)14-11(15-16)9-4-5-9/h9-10,13H,2-8H2,1H3. The quantitative estimate of drug-likeness (QED) is 0.822. The number of nitrogens with one attached hydrogen (secondary N) is 1. The van der Waals surface area contributed by atoms with E-state index < -0.39 is 0 Å². The minimum absolute atomic E-state index is 0.611. The molecule has 1 aliphatic carbocycles. The van der Waals surface area contributed by atoms with E-state index in [0.717, 1.165) is 18.9 Å². The molecule has 4 nitrogen and oxygen atoms in total. The highest BCUT2D eigenvalue weighted by molar-refractivity contribution is 5.08. The maximum atomic E-state index is 4.76. The Morgan fingerprint density at radius 3 is 2.81 bits per heavy atom. The molecule has 1 aliphatic heterocycles. The predicted molar refractivity (Wildman–Crippen MR) is 62.4 cm³/mol. The van der Waals surface area contributed by atoms with Crippen LogP contribution in [-0.4, -0.2) is 27.9 Å². The van der Waals surface area contributed by atoms with E-state index in [-0.39, 0.29) is 0 Å². The zero-order valence-electron chi connectivity index (χ0n) is 9.95. The summed E-state index contributed by atoms with van der Waals surface area (Å²) < 4.78 is 2.02. The molecule has 2 aliphatic rings. The number of hydrogen-bond acceptors (Lipinski definition) is 3. The van der Waals surface area contributed by atoms with E-state index in [1.165, 1.54) is 37.9 Å². The molecule has 1 aromatic rings. The number of rotatable bonds is 2. The van der Waals surface area contributed by atoms with Crippen LogP contribution in [0.25, 0.3) is 0 Å². The van der Waals surface area contributed by atoms with E-state index in [0.29, 0.717) is 11.8 Å². The van der Waals surface area contributed by atoms with Gasteiger partial charge in [0.05, 0.1) is 0 Å². The molecule has 88 valence electrons. The van der Waals surface area contributed by atoms with Crippen LogP contribution in [0.4, 0.5) is 0 Å². The summed E-state index contributed by atoms with van der Waals surface area (Å²) in [6, 6.07) is 0.